The Kier molecular flexibility index (Phi) is 6.84. The second-order valence-electron chi connectivity index (χ2n) is 3.51. The van der Waals surface area contributed by atoms with Crippen LogP contribution in [0.5, 0.6) is 0 Å². The zero-order chi connectivity index (χ0) is 14.2. The Morgan fingerprint density at radius 3 is 2.44 bits per heavy atom. The average Bonchev–Trinajstić information content (AvgIpc) is 2.21. The topological polar surface area (TPSA) is 69.6 Å². The Bertz CT molecular complexity index is 305. The van der Waals surface area contributed by atoms with Crippen LogP contribution in [-0.4, -0.2) is 47.8 Å². The first-order valence-electron chi connectivity index (χ1n) is 5.18. The van der Waals surface area contributed by atoms with Crippen molar-refractivity contribution in [3.05, 3.63) is 12.7 Å². The molecule has 0 atom stereocenters. The van der Waals surface area contributed by atoms with Crippen molar-refractivity contribution >= 4 is 12.0 Å². The maximum absolute atomic E-state index is 11.8. The quantitative estimate of drug-likeness (QED) is 0.544. The largest absolute Gasteiger partial charge is 0.480 e. The smallest absolute Gasteiger partial charge is 0.389 e. The number of carboxylic acids is 1. The van der Waals surface area contributed by atoms with Gasteiger partial charge in [-0.2, -0.15) is 13.2 Å². The van der Waals surface area contributed by atoms with E-state index in [1.807, 2.05) is 0 Å². The second-order valence-corrected chi connectivity index (χ2v) is 3.51. The first-order valence-corrected chi connectivity index (χ1v) is 5.18. The summed E-state index contributed by atoms with van der Waals surface area (Å²) >= 11 is 0. The number of hydrogen-bond donors (Lipinski definition) is 2. The summed E-state index contributed by atoms with van der Waals surface area (Å²) in [5, 5.41) is 10.8. The van der Waals surface area contributed by atoms with E-state index in [2.05, 4.69) is 11.9 Å². The third-order valence-electron chi connectivity index (χ3n) is 1.88. The summed E-state index contributed by atoms with van der Waals surface area (Å²) in [6.45, 7) is 2.68. The standard InChI is InChI=1S/C10H15F3N2O3/c1-2-6-15(7-8(16)17)9(18)14-5-3-4-10(11,12)13/h2H,1,3-7H2,(H,14,18)(H,16,17). The van der Waals surface area contributed by atoms with Crippen LogP contribution in [0.25, 0.3) is 0 Å². The molecular weight excluding hydrogens is 253 g/mol. The molecule has 0 aromatic carbocycles. The van der Waals surface area contributed by atoms with Gasteiger partial charge >= 0.3 is 18.2 Å². The number of carbonyl (C=O) groups excluding carboxylic acids is 1. The van der Waals surface area contributed by atoms with Crippen LogP contribution in [0, 0.1) is 0 Å². The molecule has 8 heteroatoms. The molecule has 0 saturated heterocycles. The number of carbonyl (C=O) groups is 2. The first kappa shape index (κ1) is 16.3. The van der Waals surface area contributed by atoms with Crippen molar-refractivity contribution in [1.82, 2.24) is 10.2 Å². The predicted molar refractivity (Wildman–Crippen MR) is 58.1 cm³/mol. The molecule has 2 N–H and O–H groups in total. The fourth-order valence-corrected chi connectivity index (χ4v) is 1.13. The fourth-order valence-electron chi connectivity index (χ4n) is 1.13. The SMILES string of the molecule is C=CCN(CC(=O)O)C(=O)NCCCC(F)(F)F. The van der Waals surface area contributed by atoms with Gasteiger partial charge in [0.2, 0.25) is 0 Å². The number of urea groups is 1. The molecule has 0 radical (unpaired) electrons. The van der Waals surface area contributed by atoms with E-state index in [0.717, 1.165) is 4.90 Å². The minimum atomic E-state index is -4.26. The van der Waals surface area contributed by atoms with Crippen molar-refractivity contribution in [2.45, 2.75) is 19.0 Å². The number of nitrogens with zero attached hydrogens (tertiary/aromatic N) is 1. The predicted octanol–water partition coefficient (Wildman–Crippen LogP) is 1.61. The number of hydrogen-bond acceptors (Lipinski definition) is 2. The normalized spacial score (nSPS) is 10.8. The van der Waals surface area contributed by atoms with Crippen molar-refractivity contribution in [3.8, 4) is 0 Å². The van der Waals surface area contributed by atoms with Crippen molar-refractivity contribution in [3.63, 3.8) is 0 Å². The van der Waals surface area contributed by atoms with Gasteiger partial charge in [0, 0.05) is 19.5 Å². The van der Waals surface area contributed by atoms with Crippen LogP contribution in [0.1, 0.15) is 12.8 Å². The minimum Gasteiger partial charge on any atom is -0.480 e. The number of alkyl halides is 3. The summed E-state index contributed by atoms with van der Waals surface area (Å²) in [6, 6.07) is -0.723. The third-order valence-corrected chi connectivity index (χ3v) is 1.88. The molecule has 0 fully saturated rings. The lowest BCUT2D eigenvalue weighted by Crippen LogP contribution is -2.43. The van der Waals surface area contributed by atoms with Crippen LogP contribution in [0.15, 0.2) is 12.7 Å². The van der Waals surface area contributed by atoms with Gasteiger partial charge in [0.25, 0.3) is 0 Å². The number of nitrogens with one attached hydrogen (secondary N) is 1. The molecule has 104 valence electrons. The molecule has 18 heavy (non-hydrogen) atoms. The van der Waals surface area contributed by atoms with E-state index in [9.17, 15) is 22.8 Å². The van der Waals surface area contributed by atoms with E-state index in [4.69, 9.17) is 5.11 Å². The number of rotatable bonds is 7. The van der Waals surface area contributed by atoms with Gasteiger partial charge in [0.15, 0.2) is 0 Å². The van der Waals surface area contributed by atoms with Crippen molar-refractivity contribution in [2.75, 3.05) is 19.6 Å². The van der Waals surface area contributed by atoms with Crippen LogP contribution in [-0.2, 0) is 4.79 Å². The number of halogens is 3. The molecule has 0 aromatic heterocycles. The Labute approximate surface area is 102 Å². The maximum Gasteiger partial charge on any atom is 0.389 e. The lowest BCUT2D eigenvalue weighted by atomic mass is 10.3. The number of amides is 2. The molecule has 0 heterocycles. The fraction of sp³-hybridized carbons (Fsp3) is 0.600. The highest BCUT2D eigenvalue weighted by Gasteiger charge is 2.26. The molecule has 0 aliphatic carbocycles. The Morgan fingerprint density at radius 2 is 2.00 bits per heavy atom. The number of aliphatic carboxylic acids is 1. The van der Waals surface area contributed by atoms with E-state index in [0.29, 0.717) is 0 Å². The summed E-state index contributed by atoms with van der Waals surface area (Å²) in [6.07, 6.45) is -4.16. The van der Waals surface area contributed by atoms with Crippen LogP contribution in [0.2, 0.25) is 0 Å². The van der Waals surface area contributed by atoms with Gasteiger partial charge in [-0.05, 0) is 6.42 Å². The molecule has 0 aliphatic heterocycles. The van der Waals surface area contributed by atoms with E-state index in [1.165, 1.54) is 6.08 Å². The van der Waals surface area contributed by atoms with Crippen LogP contribution >= 0.6 is 0 Å². The zero-order valence-corrected chi connectivity index (χ0v) is 9.66. The van der Waals surface area contributed by atoms with E-state index in [1.54, 1.807) is 0 Å². The summed E-state index contributed by atoms with van der Waals surface area (Å²) < 4.78 is 35.5. The number of carboxylic acid groups (broad SMARTS) is 1. The molecular formula is C10H15F3N2O3. The van der Waals surface area contributed by atoms with Gasteiger partial charge in [0.05, 0.1) is 0 Å². The highest BCUT2D eigenvalue weighted by Crippen LogP contribution is 2.20. The molecule has 0 spiro atoms. The molecule has 5 nitrogen and oxygen atoms in total. The van der Waals surface area contributed by atoms with Gasteiger partial charge in [-0.15, -0.1) is 6.58 Å². The molecule has 0 saturated carbocycles. The van der Waals surface area contributed by atoms with Crippen molar-refractivity contribution in [2.24, 2.45) is 0 Å². The Balaban J connectivity index is 4.03. The lowest BCUT2D eigenvalue weighted by molar-refractivity contribution is -0.137. The van der Waals surface area contributed by atoms with Gasteiger partial charge in [-0.25, -0.2) is 4.79 Å². The molecule has 2 amide bonds. The first-order chi connectivity index (χ1) is 8.26. The zero-order valence-electron chi connectivity index (χ0n) is 9.66. The molecule has 0 rings (SSSR count). The lowest BCUT2D eigenvalue weighted by Gasteiger charge is -2.19. The van der Waals surface area contributed by atoms with Crippen molar-refractivity contribution in [1.29, 1.82) is 0 Å². The molecule has 0 aromatic rings. The van der Waals surface area contributed by atoms with Gasteiger partial charge in [-0.3, -0.25) is 4.79 Å². The maximum atomic E-state index is 11.8. The molecule has 0 bridgehead atoms. The van der Waals surface area contributed by atoms with E-state index >= 15 is 0 Å². The minimum absolute atomic E-state index is 0.0113. The Morgan fingerprint density at radius 1 is 1.39 bits per heavy atom. The summed E-state index contributed by atoms with van der Waals surface area (Å²) in [4.78, 5) is 22.8. The molecule has 0 unspecified atom stereocenters. The van der Waals surface area contributed by atoms with Crippen LogP contribution < -0.4 is 5.32 Å². The highest BCUT2D eigenvalue weighted by molar-refractivity contribution is 5.80. The van der Waals surface area contributed by atoms with E-state index < -0.39 is 31.1 Å². The van der Waals surface area contributed by atoms with Gasteiger partial charge in [0.1, 0.15) is 6.54 Å². The monoisotopic (exact) mass is 268 g/mol. The highest BCUT2D eigenvalue weighted by atomic mass is 19.4. The summed E-state index contributed by atoms with van der Waals surface area (Å²) in [5.41, 5.74) is 0. The van der Waals surface area contributed by atoms with Crippen LogP contribution in [0.3, 0.4) is 0 Å². The van der Waals surface area contributed by atoms with Gasteiger partial charge < -0.3 is 15.3 Å². The van der Waals surface area contributed by atoms with Crippen molar-refractivity contribution < 1.29 is 27.9 Å². The summed E-state index contributed by atoms with van der Waals surface area (Å²) in [7, 11) is 0. The average molecular weight is 268 g/mol. The Hall–Kier alpha value is -1.73. The summed E-state index contributed by atoms with van der Waals surface area (Å²) in [5.74, 6) is -1.21. The van der Waals surface area contributed by atoms with Crippen LogP contribution in [0.4, 0.5) is 18.0 Å². The third kappa shape index (κ3) is 8.43. The van der Waals surface area contributed by atoms with Gasteiger partial charge in [-0.1, -0.05) is 6.08 Å². The molecule has 0 aliphatic rings. The second kappa shape index (κ2) is 7.57. The van der Waals surface area contributed by atoms with E-state index in [-0.39, 0.29) is 19.5 Å².